The Morgan fingerprint density at radius 1 is 1.60 bits per heavy atom. The van der Waals surface area contributed by atoms with E-state index in [0.29, 0.717) is 0 Å². The maximum Gasteiger partial charge on any atom is 0.148 e. The lowest BCUT2D eigenvalue weighted by molar-refractivity contribution is 1.47. The Morgan fingerprint density at radius 3 is 2.20 bits per heavy atom. The smallest absolute Gasteiger partial charge is 0.148 e. The van der Waals surface area contributed by atoms with Gasteiger partial charge in [0.25, 0.3) is 0 Å². The van der Waals surface area contributed by atoms with Gasteiger partial charge >= 0.3 is 0 Å². The van der Waals surface area contributed by atoms with Crippen LogP contribution in [0.25, 0.3) is 0 Å². The second kappa shape index (κ2) is 1.30. The zero-order valence-corrected chi connectivity index (χ0v) is 4.43. The van der Waals surface area contributed by atoms with E-state index in [0.717, 1.165) is 5.82 Å². The molecule has 5 heavy (non-hydrogen) atoms. The molecule has 0 heterocycles. The summed E-state index contributed by atoms with van der Waals surface area (Å²) in [6.45, 7) is 1.33. The first-order valence-corrected chi connectivity index (χ1v) is 2.95. The van der Waals surface area contributed by atoms with Crippen molar-refractivity contribution in [2.45, 2.75) is 18.7 Å². The Hall–Kier alpha value is 0.495. The van der Waals surface area contributed by atoms with Crippen molar-refractivity contribution >= 4 is 16.1 Å². The van der Waals surface area contributed by atoms with Crippen molar-refractivity contribution in [2.75, 3.05) is 0 Å². The van der Waals surface area contributed by atoms with Crippen LogP contribution < -0.4 is 0 Å². The van der Waals surface area contributed by atoms with Crippen LogP contribution in [-0.2, 0) is 0 Å². The molecule has 1 atom stereocenters. The molecule has 0 N–H and O–H groups in total. The summed E-state index contributed by atoms with van der Waals surface area (Å²) in [7, 11) is 2.76. The summed E-state index contributed by atoms with van der Waals surface area (Å²) in [5.41, 5.74) is 0. The van der Waals surface area contributed by atoms with Gasteiger partial charge in [-0.15, -0.1) is 0 Å². The minimum absolute atomic E-state index is 1.10. The van der Waals surface area contributed by atoms with E-state index in [2.05, 4.69) is 9.12 Å². The van der Waals surface area contributed by atoms with Crippen molar-refractivity contribution in [1.82, 2.24) is 0 Å². The second-order valence-electron chi connectivity index (χ2n) is 1.68. The lowest BCUT2D eigenvalue weighted by atomic mass is 10.0. The van der Waals surface area contributed by atoms with Crippen molar-refractivity contribution in [3.05, 3.63) is 0 Å². The molecule has 2 heteroatoms. The van der Waals surface area contributed by atoms with Crippen molar-refractivity contribution in [2.24, 2.45) is 0 Å². The maximum absolute atomic E-state index is 2.76. The third-order valence-corrected chi connectivity index (χ3v) is 1.70. The maximum atomic E-state index is 2.76. The molecule has 1 unspecified atom stereocenters. The lowest BCUT2D eigenvalue weighted by Gasteiger charge is -1.68. The molecule has 0 saturated heterocycles. The molecule has 0 radical (unpaired) electrons. The van der Waals surface area contributed by atoms with E-state index in [-0.39, 0.29) is 0 Å². The molecule has 28 valence electrons. The first-order valence-electron chi connectivity index (χ1n) is 2.13. The predicted molar refractivity (Wildman–Crippen MR) is 29.8 cm³/mol. The van der Waals surface area contributed by atoms with E-state index < -0.39 is 0 Å². The number of hydrogen-bond acceptors (Lipinski definition) is 0. The molecule has 0 aromatic heterocycles. The Bertz CT molecular complexity index is 33.9. The van der Waals surface area contributed by atoms with Crippen molar-refractivity contribution in [1.29, 1.82) is 0 Å². The molecule has 1 fully saturated rings. The second-order valence-corrected chi connectivity index (χ2v) is 2.15. The van der Waals surface area contributed by atoms with Gasteiger partial charge in [-0.1, -0.05) is 18.7 Å². The molecule has 0 aromatic rings. The monoisotopic (exact) mass is 86.0 g/mol. The minimum Gasteiger partial charge on any atom is -0.174 e. The third kappa shape index (κ3) is 0.927. The fourth-order valence-electron chi connectivity index (χ4n) is 0.354. The molecule has 1 saturated carbocycles. The summed E-state index contributed by atoms with van der Waals surface area (Å²) < 4.78 is 0. The standard InChI is InChI=1S/C3H8BP/c5-4-3-1-2-3/h3-4H,1-2,5H2. The number of hydrogen-bond donors (Lipinski definition) is 0. The SMILES string of the molecule is PBC1CC1. The largest absolute Gasteiger partial charge is 0.174 e. The van der Waals surface area contributed by atoms with Gasteiger partial charge in [0.05, 0.1) is 0 Å². The molecule has 0 aliphatic heterocycles. The lowest BCUT2D eigenvalue weighted by Crippen LogP contribution is -1.65. The van der Waals surface area contributed by atoms with E-state index in [1.165, 1.54) is 19.8 Å². The van der Waals surface area contributed by atoms with Gasteiger partial charge in [-0.25, -0.2) is 0 Å². The molecule has 1 rings (SSSR count). The van der Waals surface area contributed by atoms with Crippen LogP contribution in [-0.4, -0.2) is 7.00 Å². The fraction of sp³-hybridized carbons (Fsp3) is 1.00. The van der Waals surface area contributed by atoms with Crippen LogP contribution >= 0.6 is 9.12 Å². The highest BCUT2D eigenvalue weighted by Crippen LogP contribution is 2.35. The van der Waals surface area contributed by atoms with Crippen LogP contribution in [0.1, 0.15) is 12.8 Å². The van der Waals surface area contributed by atoms with E-state index >= 15 is 0 Å². The van der Waals surface area contributed by atoms with Crippen molar-refractivity contribution in [3.63, 3.8) is 0 Å². The van der Waals surface area contributed by atoms with Crippen LogP contribution in [0.2, 0.25) is 5.82 Å². The molecule has 0 amide bonds. The first kappa shape index (κ1) is 3.68. The Labute approximate surface area is 35.7 Å². The van der Waals surface area contributed by atoms with Crippen LogP contribution in [0.15, 0.2) is 0 Å². The topological polar surface area (TPSA) is 0 Å². The summed E-state index contributed by atoms with van der Waals surface area (Å²) in [5.74, 6) is 1.10. The van der Waals surface area contributed by atoms with Gasteiger partial charge in [0.2, 0.25) is 0 Å². The molecule has 0 nitrogen and oxygen atoms in total. The average molecular weight is 85.9 g/mol. The Balaban J connectivity index is 2.00. The van der Waals surface area contributed by atoms with Crippen LogP contribution in [0.3, 0.4) is 0 Å². The highest BCUT2D eigenvalue weighted by molar-refractivity contribution is 7.56. The summed E-state index contributed by atoms with van der Waals surface area (Å²) in [5, 5.41) is 0. The molecule has 1 aliphatic rings. The van der Waals surface area contributed by atoms with Crippen LogP contribution in [0, 0.1) is 0 Å². The van der Waals surface area contributed by atoms with Gasteiger partial charge in [-0.05, 0) is 0 Å². The van der Waals surface area contributed by atoms with E-state index in [9.17, 15) is 0 Å². The van der Waals surface area contributed by atoms with Gasteiger partial charge in [0, 0.05) is 0 Å². The molecule has 0 bridgehead atoms. The quantitative estimate of drug-likeness (QED) is 0.327. The Morgan fingerprint density at radius 2 is 2.20 bits per heavy atom. The summed E-state index contributed by atoms with van der Waals surface area (Å²) in [4.78, 5) is 0. The average Bonchev–Trinajstić information content (AvgIpc) is 2.12. The third-order valence-electron chi connectivity index (χ3n) is 1.03. The van der Waals surface area contributed by atoms with Gasteiger partial charge in [-0.3, -0.25) is 0 Å². The first-order chi connectivity index (χ1) is 2.43. The summed E-state index contributed by atoms with van der Waals surface area (Å²) >= 11 is 0. The normalized spacial score (nSPS) is 22.6. The van der Waals surface area contributed by atoms with E-state index in [1.807, 2.05) is 0 Å². The number of rotatable bonds is 1. The van der Waals surface area contributed by atoms with Gasteiger partial charge in [0.1, 0.15) is 7.00 Å². The molecular formula is C3H8BP. The molecule has 0 aromatic carbocycles. The highest BCUT2D eigenvalue weighted by atomic mass is 31.0. The fourth-order valence-corrected chi connectivity index (χ4v) is 0.825. The molecule has 1 aliphatic carbocycles. The van der Waals surface area contributed by atoms with Crippen molar-refractivity contribution < 1.29 is 0 Å². The minimum atomic E-state index is 1.10. The van der Waals surface area contributed by atoms with Crippen LogP contribution in [0.4, 0.5) is 0 Å². The van der Waals surface area contributed by atoms with Gasteiger partial charge in [0.15, 0.2) is 0 Å². The predicted octanol–water partition coefficient (Wildman–Crippen LogP) is 0.795. The zero-order valence-electron chi connectivity index (χ0n) is 3.28. The molecular weight excluding hydrogens is 77.8 g/mol. The Kier molecular flexibility index (Phi) is 0.957. The highest BCUT2D eigenvalue weighted by Gasteiger charge is 2.18. The summed E-state index contributed by atoms with van der Waals surface area (Å²) in [6, 6.07) is 0. The zero-order chi connectivity index (χ0) is 3.70. The van der Waals surface area contributed by atoms with Crippen molar-refractivity contribution in [3.8, 4) is 0 Å². The van der Waals surface area contributed by atoms with E-state index in [4.69, 9.17) is 0 Å². The van der Waals surface area contributed by atoms with Gasteiger partial charge in [-0.2, -0.15) is 9.12 Å². The molecule has 0 spiro atoms. The van der Waals surface area contributed by atoms with Crippen LogP contribution in [0.5, 0.6) is 0 Å². The van der Waals surface area contributed by atoms with Gasteiger partial charge < -0.3 is 0 Å². The van der Waals surface area contributed by atoms with E-state index in [1.54, 1.807) is 0 Å². The summed E-state index contributed by atoms with van der Waals surface area (Å²) in [6.07, 6.45) is 2.98.